The van der Waals surface area contributed by atoms with Crippen molar-refractivity contribution in [2.45, 2.75) is 0 Å². The van der Waals surface area contributed by atoms with E-state index in [0.29, 0.717) is 5.82 Å². The van der Waals surface area contributed by atoms with Crippen molar-refractivity contribution in [2.24, 2.45) is 0 Å². The highest BCUT2D eigenvalue weighted by Crippen LogP contribution is 2.02. The molecule has 0 unspecified atom stereocenters. The van der Waals surface area contributed by atoms with E-state index in [-0.39, 0.29) is 5.63 Å². The number of aromatic nitrogens is 1. The van der Waals surface area contributed by atoms with Crippen LogP contribution < -0.4 is 15.8 Å². The first-order valence-corrected chi connectivity index (χ1v) is 3.78. The lowest BCUT2D eigenvalue weighted by Crippen LogP contribution is -2.27. The summed E-state index contributed by atoms with van der Waals surface area (Å²) < 4.78 is 4.52. The SMILES string of the molecule is CNCCN(C)c1cc(=O)o[nH]1. The molecule has 0 spiro atoms. The number of H-pyrrole nitrogens is 1. The molecule has 5 nitrogen and oxygen atoms in total. The van der Waals surface area contributed by atoms with Gasteiger partial charge >= 0.3 is 5.63 Å². The van der Waals surface area contributed by atoms with E-state index in [0.717, 1.165) is 13.1 Å². The van der Waals surface area contributed by atoms with E-state index < -0.39 is 0 Å². The molecule has 1 aromatic heterocycles. The third-order valence-electron chi connectivity index (χ3n) is 1.62. The van der Waals surface area contributed by atoms with E-state index in [1.807, 2.05) is 19.0 Å². The third kappa shape index (κ3) is 2.13. The van der Waals surface area contributed by atoms with Gasteiger partial charge in [0.15, 0.2) is 0 Å². The average Bonchev–Trinajstić information content (AvgIpc) is 2.47. The Kier molecular flexibility index (Phi) is 2.93. The summed E-state index contributed by atoms with van der Waals surface area (Å²) in [6.07, 6.45) is 0. The third-order valence-corrected chi connectivity index (χ3v) is 1.62. The quantitative estimate of drug-likeness (QED) is 0.648. The molecule has 0 atom stereocenters. The van der Waals surface area contributed by atoms with Gasteiger partial charge in [0.25, 0.3) is 0 Å². The Bertz CT molecular complexity index is 278. The summed E-state index contributed by atoms with van der Waals surface area (Å²) in [6.45, 7) is 1.69. The molecule has 5 heteroatoms. The van der Waals surface area contributed by atoms with E-state index in [1.165, 1.54) is 6.07 Å². The smallest absolute Gasteiger partial charge is 0.358 e. The van der Waals surface area contributed by atoms with Gasteiger partial charge in [0.05, 0.1) is 6.07 Å². The maximum absolute atomic E-state index is 10.6. The van der Waals surface area contributed by atoms with Gasteiger partial charge in [0, 0.05) is 20.1 Å². The Labute approximate surface area is 70.3 Å². The summed E-state index contributed by atoms with van der Waals surface area (Å²) in [5.74, 6) is 0.704. The largest absolute Gasteiger partial charge is 0.359 e. The Morgan fingerprint density at radius 1 is 1.75 bits per heavy atom. The number of nitrogens with zero attached hydrogens (tertiary/aromatic N) is 1. The maximum Gasteiger partial charge on any atom is 0.359 e. The fourth-order valence-corrected chi connectivity index (χ4v) is 0.861. The van der Waals surface area contributed by atoms with Gasteiger partial charge in [-0.25, -0.2) is 9.95 Å². The minimum atomic E-state index is -0.346. The number of nitrogens with one attached hydrogen (secondary N) is 2. The maximum atomic E-state index is 10.6. The van der Waals surface area contributed by atoms with Gasteiger partial charge in [-0.3, -0.25) is 0 Å². The molecule has 0 aliphatic carbocycles. The van der Waals surface area contributed by atoms with Crippen LogP contribution in [0.4, 0.5) is 5.82 Å². The van der Waals surface area contributed by atoms with Crippen LogP contribution in [0.1, 0.15) is 0 Å². The van der Waals surface area contributed by atoms with Gasteiger partial charge in [-0.1, -0.05) is 0 Å². The molecule has 0 fully saturated rings. The molecule has 12 heavy (non-hydrogen) atoms. The molecule has 0 aromatic carbocycles. The first-order valence-electron chi connectivity index (χ1n) is 3.78. The van der Waals surface area contributed by atoms with Crippen LogP contribution in [0, 0.1) is 0 Å². The number of anilines is 1. The molecule has 0 saturated carbocycles. The van der Waals surface area contributed by atoms with Crippen LogP contribution >= 0.6 is 0 Å². The van der Waals surface area contributed by atoms with E-state index in [9.17, 15) is 4.79 Å². The molecular weight excluding hydrogens is 158 g/mol. The first kappa shape index (κ1) is 8.86. The number of rotatable bonds is 4. The summed E-state index contributed by atoms with van der Waals surface area (Å²) in [5, 5.41) is 5.54. The molecule has 0 bridgehead atoms. The normalized spacial score (nSPS) is 10.2. The number of hydrogen-bond donors (Lipinski definition) is 2. The molecule has 1 aromatic rings. The molecule has 0 amide bonds. The molecule has 1 heterocycles. The monoisotopic (exact) mass is 171 g/mol. The summed E-state index contributed by atoms with van der Waals surface area (Å²) in [7, 11) is 3.77. The van der Waals surface area contributed by atoms with Crippen LogP contribution in [0.5, 0.6) is 0 Å². The summed E-state index contributed by atoms with van der Waals surface area (Å²) in [6, 6.07) is 1.43. The van der Waals surface area contributed by atoms with Crippen molar-refractivity contribution in [3.05, 3.63) is 16.5 Å². The summed E-state index contributed by atoms with van der Waals surface area (Å²) in [4.78, 5) is 12.5. The van der Waals surface area contributed by atoms with Gasteiger partial charge < -0.3 is 14.7 Å². The fourth-order valence-electron chi connectivity index (χ4n) is 0.861. The van der Waals surface area contributed by atoms with Crippen molar-refractivity contribution in [1.82, 2.24) is 10.5 Å². The van der Waals surface area contributed by atoms with E-state index in [4.69, 9.17) is 0 Å². The summed E-state index contributed by atoms with van der Waals surface area (Å²) in [5.41, 5.74) is -0.346. The highest BCUT2D eigenvalue weighted by atomic mass is 16.5. The Balaban J connectivity index is 2.53. The van der Waals surface area contributed by atoms with E-state index in [1.54, 1.807) is 0 Å². The second kappa shape index (κ2) is 3.96. The lowest BCUT2D eigenvalue weighted by Gasteiger charge is -2.14. The molecule has 68 valence electrons. The van der Waals surface area contributed by atoms with Gasteiger partial charge in [0.2, 0.25) is 0 Å². The first-order chi connectivity index (χ1) is 5.74. The minimum Gasteiger partial charge on any atom is -0.358 e. The minimum absolute atomic E-state index is 0.346. The van der Waals surface area contributed by atoms with Crippen molar-refractivity contribution >= 4 is 5.82 Å². The van der Waals surface area contributed by atoms with Gasteiger partial charge in [-0.05, 0) is 7.05 Å². The standard InChI is InChI=1S/C7H13N3O2/c1-8-3-4-10(2)6-5-7(11)12-9-6/h5,8-9H,3-4H2,1-2H3. The topological polar surface area (TPSA) is 61.3 Å². The molecule has 0 aliphatic rings. The van der Waals surface area contributed by atoms with Crippen molar-refractivity contribution < 1.29 is 4.52 Å². The molecule has 0 aliphatic heterocycles. The number of likely N-dealkylation sites (N-methyl/N-ethyl adjacent to an activating group) is 2. The van der Waals surface area contributed by atoms with Crippen LogP contribution in [0.15, 0.2) is 15.4 Å². The van der Waals surface area contributed by atoms with Crippen molar-refractivity contribution in [2.75, 3.05) is 32.1 Å². The van der Waals surface area contributed by atoms with Gasteiger partial charge in [-0.2, -0.15) is 0 Å². The molecule has 2 N–H and O–H groups in total. The van der Waals surface area contributed by atoms with Crippen LogP contribution in [-0.2, 0) is 0 Å². The molecule has 0 radical (unpaired) electrons. The molecule has 1 rings (SSSR count). The Hall–Kier alpha value is -1.23. The van der Waals surface area contributed by atoms with Gasteiger partial charge in [0.1, 0.15) is 5.82 Å². The Morgan fingerprint density at radius 2 is 2.50 bits per heavy atom. The van der Waals surface area contributed by atoms with Crippen LogP contribution in [0.3, 0.4) is 0 Å². The van der Waals surface area contributed by atoms with Crippen molar-refractivity contribution in [3.8, 4) is 0 Å². The predicted molar refractivity (Wildman–Crippen MR) is 46.5 cm³/mol. The number of hydrogen-bond acceptors (Lipinski definition) is 4. The lowest BCUT2D eigenvalue weighted by atomic mass is 10.5. The Morgan fingerprint density at radius 3 is 3.00 bits per heavy atom. The van der Waals surface area contributed by atoms with Crippen molar-refractivity contribution in [1.29, 1.82) is 0 Å². The van der Waals surface area contributed by atoms with E-state index in [2.05, 4.69) is 15.0 Å². The summed E-state index contributed by atoms with van der Waals surface area (Å²) >= 11 is 0. The van der Waals surface area contributed by atoms with Crippen LogP contribution in [-0.4, -0.2) is 32.3 Å². The highest BCUT2D eigenvalue weighted by Gasteiger charge is 2.02. The molecule has 0 saturated heterocycles. The predicted octanol–water partition coefficient (Wildman–Crippen LogP) is -0.377. The highest BCUT2D eigenvalue weighted by molar-refractivity contribution is 5.33. The zero-order valence-corrected chi connectivity index (χ0v) is 7.26. The van der Waals surface area contributed by atoms with Crippen molar-refractivity contribution in [3.63, 3.8) is 0 Å². The zero-order valence-electron chi connectivity index (χ0n) is 7.26. The molecular formula is C7H13N3O2. The number of aromatic amines is 1. The van der Waals surface area contributed by atoms with Crippen LogP contribution in [0.25, 0.3) is 0 Å². The lowest BCUT2D eigenvalue weighted by molar-refractivity contribution is 0.392. The fraction of sp³-hybridized carbons (Fsp3) is 0.571. The van der Waals surface area contributed by atoms with Crippen LogP contribution in [0.2, 0.25) is 0 Å². The zero-order chi connectivity index (χ0) is 8.97. The van der Waals surface area contributed by atoms with E-state index >= 15 is 0 Å². The second-order valence-corrected chi connectivity index (χ2v) is 2.58. The second-order valence-electron chi connectivity index (χ2n) is 2.58. The average molecular weight is 171 g/mol. The van der Waals surface area contributed by atoms with Gasteiger partial charge in [-0.15, -0.1) is 0 Å².